The number of ether oxygens (including phenoxy) is 1. The van der Waals surface area contributed by atoms with E-state index in [9.17, 15) is 9.59 Å². The molecule has 2 aromatic rings. The van der Waals surface area contributed by atoms with E-state index in [1.807, 2.05) is 54.6 Å². The molecule has 0 bridgehead atoms. The number of anilines is 1. The molecule has 4 nitrogen and oxygen atoms in total. The number of carbonyl (C=O) groups excluding carboxylic acids is 2. The van der Waals surface area contributed by atoms with Crippen LogP contribution in [0.25, 0.3) is 0 Å². The molecular weight excluding hydrogens is 314 g/mol. The van der Waals surface area contributed by atoms with Crippen molar-refractivity contribution in [3.05, 3.63) is 65.7 Å². The first-order valence-electron chi connectivity index (χ1n) is 8.68. The van der Waals surface area contributed by atoms with Gasteiger partial charge in [0.15, 0.2) is 6.61 Å². The summed E-state index contributed by atoms with van der Waals surface area (Å²) in [4.78, 5) is 23.9. The summed E-state index contributed by atoms with van der Waals surface area (Å²) in [7, 11) is 0. The molecule has 25 heavy (non-hydrogen) atoms. The van der Waals surface area contributed by atoms with Crippen LogP contribution in [-0.4, -0.2) is 18.5 Å². The maximum atomic E-state index is 12.1. The van der Waals surface area contributed by atoms with E-state index >= 15 is 0 Å². The van der Waals surface area contributed by atoms with Gasteiger partial charge in [-0.15, -0.1) is 0 Å². The molecule has 2 rings (SSSR count). The lowest BCUT2D eigenvalue weighted by Crippen LogP contribution is -2.21. The monoisotopic (exact) mass is 339 g/mol. The van der Waals surface area contributed by atoms with Gasteiger partial charge in [-0.3, -0.25) is 9.59 Å². The molecule has 0 aliphatic heterocycles. The second-order valence-electron chi connectivity index (χ2n) is 6.09. The van der Waals surface area contributed by atoms with Crippen LogP contribution < -0.4 is 5.32 Å². The third-order valence-electron chi connectivity index (χ3n) is 4.20. The molecule has 1 amide bonds. The summed E-state index contributed by atoms with van der Waals surface area (Å²) in [6.07, 6.45) is 1.86. The van der Waals surface area contributed by atoms with Crippen LogP contribution >= 0.6 is 0 Å². The van der Waals surface area contributed by atoms with E-state index in [1.54, 1.807) is 0 Å². The Labute approximate surface area is 149 Å². The zero-order chi connectivity index (χ0) is 18.1. The second kappa shape index (κ2) is 9.62. The Bertz CT molecular complexity index is 697. The first-order chi connectivity index (χ1) is 12.1. The summed E-state index contributed by atoms with van der Waals surface area (Å²) in [5.41, 5.74) is 2.95. The predicted molar refractivity (Wildman–Crippen MR) is 99.5 cm³/mol. The van der Waals surface area contributed by atoms with E-state index in [0.717, 1.165) is 23.2 Å². The molecule has 1 atom stereocenters. The molecule has 0 heterocycles. The molecule has 0 aromatic heterocycles. The SMILES string of the molecule is CC[C@H](C)c1ccccc1NC(=O)COC(=O)CCc1ccccc1. The fraction of sp³-hybridized carbons (Fsp3) is 0.333. The highest BCUT2D eigenvalue weighted by Crippen LogP contribution is 2.26. The standard InChI is InChI=1S/C21H25NO3/c1-3-16(2)18-11-7-8-12-19(18)22-20(23)15-25-21(24)14-13-17-9-5-4-6-10-17/h4-12,16H,3,13-15H2,1-2H3,(H,22,23)/t16-/m0/s1. The van der Waals surface area contributed by atoms with E-state index in [4.69, 9.17) is 4.74 Å². The fourth-order valence-corrected chi connectivity index (χ4v) is 2.56. The molecule has 0 saturated heterocycles. The number of hydrogen-bond donors (Lipinski definition) is 1. The van der Waals surface area contributed by atoms with Gasteiger partial charge in [0.05, 0.1) is 0 Å². The highest BCUT2D eigenvalue weighted by Gasteiger charge is 2.12. The number of rotatable bonds is 8. The van der Waals surface area contributed by atoms with E-state index < -0.39 is 0 Å². The van der Waals surface area contributed by atoms with Crippen LogP contribution in [-0.2, 0) is 20.7 Å². The number of amides is 1. The molecule has 0 aliphatic carbocycles. The maximum Gasteiger partial charge on any atom is 0.306 e. The van der Waals surface area contributed by atoms with Crippen LogP contribution in [0.1, 0.15) is 43.7 Å². The van der Waals surface area contributed by atoms with Gasteiger partial charge in [-0.25, -0.2) is 0 Å². The van der Waals surface area contributed by atoms with Crippen LogP contribution in [0.15, 0.2) is 54.6 Å². The first-order valence-corrected chi connectivity index (χ1v) is 8.68. The van der Waals surface area contributed by atoms with Gasteiger partial charge >= 0.3 is 5.97 Å². The van der Waals surface area contributed by atoms with Crippen molar-refractivity contribution in [1.29, 1.82) is 0 Å². The largest absolute Gasteiger partial charge is 0.456 e. The lowest BCUT2D eigenvalue weighted by molar-refractivity contribution is -0.147. The van der Waals surface area contributed by atoms with E-state index in [0.29, 0.717) is 12.3 Å². The normalized spacial score (nSPS) is 11.6. The van der Waals surface area contributed by atoms with Gasteiger partial charge in [0.25, 0.3) is 5.91 Å². The summed E-state index contributed by atoms with van der Waals surface area (Å²) in [5, 5.41) is 2.84. The highest BCUT2D eigenvalue weighted by molar-refractivity contribution is 5.93. The summed E-state index contributed by atoms with van der Waals surface area (Å²) in [6, 6.07) is 17.5. The van der Waals surface area contributed by atoms with Crippen molar-refractivity contribution in [1.82, 2.24) is 0 Å². The van der Waals surface area contributed by atoms with E-state index in [1.165, 1.54) is 0 Å². The van der Waals surface area contributed by atoms with Crippen molar-refractivity contribution in [2.24, 2.45) is 0 Å². The van der Waals surface area contributed by atoms with Crippen molar-refractivity contribution in [3.8, 4) is 0 Å². The summed E-state index contributed by atoms with van der Waals surface area (Å²) >= 11 is 0. The molecule has 0 spiro atoms. The van der Waals surface area contributed by atoms with Crippen molar-refractivity contribution in [2.45, 2.75) is 39.0 Å². The minimum Gasteiger partial charge on any atom is -0.456 e. The lowest BCUT2D eigenvalue weighted by Gasteiger charge is -2.15. The Morgan fingerprint density at radius 3 is 2.44 bits per heavy atom. The van der Waals surface area contributed by atoms with Gasteiger partial charge in [-0.05, 0) is 36.0 Å². The van der Waals surface area contributed by atoms with Gasteiger partial charge in [-0.2, -0.15) is 0 Å². The summed E-state index contributed by atoms with van der Waals surface area (Å²) in [6.45, 7) is 3.97. The molecule has 4 heteroatoms. The van der Waals surface area contributed by atoms with Crippen molar-refractivity contribution < 1.29 is 14.3 Å². The maximum absolute atomic E-state index is 12.1. The van der Waals surface area contributed by atoms with Crippen LogP contribution in [0.4, 0.5) is 5.69 Å². The minimum atomic E-state index is -0.366. The third kappa shape index (κ3) is 6.07. The Morgan fingerprint density at radius 2 is 1.72 bits per heavy atom. The summed E-state index contributed by atoms with van der Waals surface area (Å²) < 4.78 is 5.07. The highest BCUT2D eigenvalue weighted by atomic mass is 16.5. The Morgan fingerprint density at radius 1 is 1.04 bits per heavy atom. The second-order valence-corrected chi connectivity index (χ2v) is 6.09. The van der Waals surface area contributed by atoms with Gasteiger partial charge in [0, 0.05) is 12.1 Å². The molecule has 0 unspecified atom stereocenters. The zero-order valence-corrected chi connectivity index (χ0v) is 14.8. The number of esters is 1. The molecule has 0 aliphatic rings. The molecule has 1 N–H and O–H groups in total. The number of para-hydroxylation sites is 1. The lowest BCUT2D eigenvalue weighted by atomic mass is 9.97. The van der Waals surface area contributed by atoms with Gasteiger partial charge in [-0.1, -0.05) is 62.4 Å². The Balaban J connectivity index is 1.80. The molecular formula is C21H25NO3. The zero-order valence-electron chi connectivity index (χ0n) is 14.8. The summed E-state index contributed by atoms with van der Waals surface area (Å²) in [5.74, 6) is -0.331. The number of hydrogen-bond acceptors (Lipinski definition) is 3. The molecule has 0 radical (unpaired) electrons. The van der Waals surface area contributed by atoms with Crippen molar-refractivity contribution in [3.63, 3.8) is 0 Å². The quantitative estimate of drug-likeness (QED) is 0.729. The molecule has 2 aromatic carbocycles. The first kappa shape index (κ1) is 18.7. The van der Waals surface area contributed by atoms with Crippen LogP contribution in [0.5, 0.6) is 0 Å². The number of carbonyl (C=O) groups is 2. The Hall–Kier alpha value is -2.62. The molecule has 0 fully saturated rings. The van der Waals surface area contributed by atoms with Gasteiger partial charge < -0.3 is 10.1 Å². The van der Waals surface area contributed by atoms with E-state index in [2.05, 4.69) is 19.2 Å². The number of benzene rings is 2. The van der Waals surface area contributed by atoms with Gasteiger partial charge in [0.1, 0.15) is 0 Å². The van der Waals surface area contributed by atoms with Gasteiger partial charge in [0.2, 0.25) is 0 Å². The van der Waals surface area contributed by atoms with Crippen LogP contribution in [0, 0.1) is 0 Å². The third-order valence-corrected chi connectivity index (χ3v) is 4.20. The van der Waals surface area contributed by atoms with Crippen LogP contribution in [0.2, 0.25) is 0 Å². The van der Waals surface area contributed by atoms with Crippen LogP contribution in [0.3, 0.4) is 0 Å². The average Bonchev–Trinajstić information content (AvgIpc) is 2.65. The number of aryl methyl sites for hydroxylation is 1. The molecule has 132 valence electrons. The fourth-order valence-electron chi connectivity index (χ4n) is 2.56. The Kier molecular flexibility index (Phi) is 7.20. The van der Waals surface area contributed by atoms with E-state index in [-0.39, 0.29) is 24.9 Å². The average molecular weight is 339 g/mol. The molecule has 0 saturated carbocycles. The smallest absolute Gasteiger partial charge is 0.306 e. The minimum absolute atomic E-state index is 0.261. The predicted octanol–water partition coefficient (Wildman–Crippen LogP) is 4.31. The number of nitrogens with one attached hydrogen (secondary N) is 1. The van der Waals surface area contributed by atoms with Crippen molar-refractivity contribution in [2.75, 3.05) is 11.9 Å². The van der Waals surface area contributed by atoms with Crippen molar-refractivity contribution >= 4 is 17.6 Å². The topological polar surface area (TPSA) is 55.4 Å².